The van der Waals surface area contributed by atoms with E-state index in [9.17, 15) is 25.5 Å². The molecule has 10 heteroatoms. The Kier molecular flexibility index (Phi) is 5.40. The van der Waals surface area contributed by atoms with E-state index in [4.69, 9.17) is 18.9 Å². The minimum absolute atomic E-state index is 0.156. The van der Waals surface area contributed by atoms with Crippen molar-refractivity contribution in [2.24, 2.45) is 34.5 Å². The summed E-state index contributed by atoms with van der Waals surface area (Å²) in [5.41, 5.74) is -4.81. The third kappa shape index (κ3) is 2.35. The molecule has 6 fully saturated rings. The fourth-order valence-electron chi connectivity index (χ4n) is 11.0. The van der Waals surface area contributed by atoms with Gasteiger partial charge in [0.2, 0.25) is 0 Å². The summed E-state index contributed by atoms with van der Waals surface area (Å²) in [4.78, 5) is 2.29. The maximum absolute atomic E-state index is 12.6. The van der Waals surface area contributed by atoms with Crippen LogP contribution in [0.2, 0.25) is 0 Å². The van der Waals surface area contributed by atoms with Gasteiger partial charge in [0.05, 0.1) is 31.0 Å². The van der Waals surface area contributed by atoms with Crippen LogP contribution >= 0.6 is 0 Å². The molecule has 5 aliphatic carbocycles. The molecule has 0 aromatic carbocycles. The molecule has 5 N–H and O–H groups in total. The number of aliphatic hydroxyl groups is 5. The van der Waals surface area contributed by atoms with Gasteiger partial charge in [-0.15, -0.1) is 0 Å². The lowest BCUT2D eigenvalue weighted by Crippen LogP contribution is -2.81. The van der Waals surface area contributed by atoms with Crippen LogP contribution in [0.1, 0.15) is 19.8 Å². The van der Waals surface area contributed by atoms with Gasteiger partial charge in [-0.25, -0.2) is 0 Å². The van der Waals surface area contributed by atoms with E-state index in [-0.39, 0.29) is 18.4 Å². The smallest absolute Gasteiger partial charge is 0.120 e. The molecule has 0 aromatic rings. The topological polar surface area (TPSA) is 141 Å². The van der Waals surface area contributed by atoms with E-state index in [1.807, 2.05) is 0 Å². The first-order valence-corrected chi connectivity index (χ1v) is 12.9. The molecule has 0 aromatic heterocycles. The minimum atomic E-state index is -1.76. The largest absolute Gasteiger partial charge is 0.392 e. The van der Waals surface area contributed by atoms with Crippen molar-refractivity contribution in [1.29, 1.82) is 0 Å². The molecule has 6 aliphatic rings. The zero-order chi connectivity index (χ0) is 25.3. The van der Waals surface area contributed by atoms with Crippen molar-refractivity contribution in [3.05, 3.63) is 0 Å². The van der Waals surface area contributed by atoms with Crippen LogP contribution in [0.3, 0.4) is 0 Å². The Morgan fingerprint density at radius 1 is 0.943 bits per heavy atom. The highest BCUT2D eigenvalue weighted by Crippen LogP contribution is 2.79. The van der Waals surface area contributed by atoms with E-state index in [1.54, 1.807) is 21.3 Å². The first-order valence-electron chi connectivity index (χ1n) is 12.9. The summed E-state index contributed by atoms with van der Waals surface area (Å²) in [6.45, 7) is 3.58. The number of rotatable bonds is 6. The third-order valence-electron chi connectivity index (χ3n) is 11.7. The predicted octanol–water partition coefficient (Wildman–Crippen LogP) is -1.79. The fourth-order valence-corrected chi connectivity index (χ4v) is 11.0. The fraction of sp³-hybridized carbons (Fsp3) is 1.00. The number of aliphatic hydroxyl groups excluding tert-OH is 3. The zero-order valence-electron chi connectivity index (χ0n) is 21.2. The van der Waals surface area contributed by atoms with Crippen LogP contribution in [-0.2, 0) is 18.9 Å². The van der Waals surface area contributed by atoms with Crippen molar-refractivity contribution in [3.8, 4) is 0 Å². The highest BCUT2D eigenvalue weighted by molar-refractivity contribution is 5.39. The van der Waals surface area contributed by atoms with Crippen LogP contribution in [0.5, 0.6) is 0 Å². The van der Waals surface area contributed by atoms with Crippen molar-refractivity contribution in [3.63, 3.8) is 0 Å². The van der Waals surface area contributed by atoms with Gasteiger partial charge in [-0.05, 0) is 18.9 Å². The maximum atomic E-state index is 12.6. The molecule has 0 amide bonds. The summed E-state index contributed by atoms with van der Waals surface area (Å²) in [7, 11) is 6.29. The third-order valence-corrected chi connectivity index (χ3v) is 11.7. The lowest BCUT2D eigenvalue weighted by atomic mass is 9.42. The number of ether oxygens (including phenoxy) is 4. The second-order valence-corrected chi connectivity index (χ2v) is 12.1. The standard InChI is InChI=1S/C25H41NO9/c1-6-26-9-22(10-32-2)12(27)7-13(33-3)24-11-8-23(30)19(28)14(11)25(31,20(29)21(23)35-5)15(18(24)26)16(34-4)17(22)24/h11-21,27-31H,6-10H2,1-5H3/t11-,12-,13+,14-,15+,16+,17-,18+,19-,20+,21+,22-,23-,24-,25-/m1/s1. The number of methoxy groups -OCH3 is 4. The Bertz CT molecular complexity index is 878. The molecule has 1 heterocycles. The van der Waals surface area contributed by atoms with Crippen LogP contribution in [-0.4, -0.2) is 132 Å². The zero-order valence-corrected chi connectivity index (χ0v) is 21.2. The Labute approximate surface area is 206 Å². The van der Waals surface area contributed by atoms with Gasteiger partial charge in [-0.2, -0.15) is 0 Å². The Morgan fingerprint density at radius 3 is 2.23 bits per heavy atom. The number of nitrogens with zero attached hydrogens (tertiary/aromatic N) is 1. The van der Waals surface area contributed by atoms with Gasteiger partial charge in [0.25, 0.3) is 0 Å². The molecule has 0 unspecified atom stereocenters. The molecule has 15 atom stereocenters. The first-order chi connectivity index (χ1) is 16.6. The quantitative estimate of drug-likeness (QED) is 0.285. The van der Waals surface area contributed by atoms with E-state index < -0.39 is 76.4 Å². The number of hydrogen-bond acceptors (Lipinski definition) is 10. The molecule has 200 valence electrons. The van der Waals surface area contributed by atoms with E-state index >= 15 is 0 Å². The summed E-state index contributed by atoms with van der Waals surface area (Å²) in [5.74, 6) is -2.04. The normalized spacial score (nSPS) is 62.4. The molecular weight excluding hydrogens is 458 g/mol. The molecule has 0 radical (unpaired) electrons. The average Bonchev–Trinajstić information content (AvgIpc) is 3.19. The van der Waals surface area contributed by atoms with Crippen molar-refractivity contribution in [1.82, 2.24) is 4.90 Å². The average molecular weight is 500 g/mol. The highest BCUT2D eigenvalue weighted by atomic mass is 16.5. The SMILES string of the molecule is CCN1C[C@@]2(COC)[C@H](O)C[C@H](OC)[C@]34[C@@H]5C[C@@]6(O)[C@H](O)[C@@H]5[C@@](O)([C@@H]([C@H](OC)[C@H]23)[C@H]14)[C@@H](O)[C@@H]6OC. The second kappa shape index (κ2) is 7.59. The van der Waals surface area contributed by atoms with Crippen LogP contribution in [0, 0.1) is 34.5 Å². The van der Waals surface area contributed by atoms with Gasteiger partial charge < -0.3 is 44.5 Å². The molecular formula is C25H41NO9. The van der Waals surface area contributed by atoms with E-state index in [0.29, 0.717) is 26.1 Å². The molecule has 35 heavy (non-hydrogen) atoms. The molecule has 5 saturated carbocycles. The number of fused-ring (bicyclic) bond motifs is 2. The number of piperidine rings is 1. The van der Waals surface area contributed by atoms with Crippen LogP contribution in [0.4, 0.5) is 0 Å². The van der Waals surface area contributed by atoms with Gasteiger partial charge in [-0.3, -0.25) is 4.90 Å². The van der Waals surface area contributed by atoms with E-state index in [0.717, 1.165) is 0 Å². The lowest BCUT2D eigenvalue weighted by molar-refractivity contribution is -0.320. The van der Waals surface area contributed by atoms with Crippen molar-refractivity contribution in [2.45, 2.75) is 73.6 Å². The van der Waals surface area contributed by atoms with E-state index in [2.05, 4.69) is 11.8 Å². The molecule has 6 rings (SSSR count). The number of likely N-dealkylation sites (tertiary alicyclic amines) is 1. The Morgan fingerprint density at radius 2 is 1.66 bits per heavy atom. The van der Waals surface area contributed by atoms with Gasteiger partial charge in [0.15, 0.2) is 0 Å². The highest BCUT2D eigenvalue weighted by Gasteiger charge is 2.90. The van der Waals surface area contributed by atoms with Crippen LogP contribution in [0.15, 0.2) is 0 Å². The van der Waals surface area contributed by atoms with Gasteiger partial charge >= 0.3 is 0 Å². The predicted molar refractivity (Wildman–Crippen MR) is 121 cm³/mol. The monoisotopic (exact) mass is 499 g/mol. The molecule has 1 aliphatic heterocycles. The number of hydrogen-bond donors (Lipinski definition) is 5. The summed E-state index contributed by atoms with van der Waals surface area (Å²) in [6, 6.07) is -0.240. The summed E-state index contributed by atoms with van der Waals surface area (Å²) in [6.07, 6.45) is -4.95. The minimum Gasteiger partial charge on any atom is -0.392 e. The molecule has 7 bridgehead atoms. The van der Waals surface area contributed by atoms with Gasteiger partial charge in [0.1, 0.15) is 23.4 Å². The van der Waals surface area contributed by atoms with Crippen molar-refractivity contribution in [2.75, 3.05) is 48.1 Å². The van der Waals surface area contributed by atoms with E-state index in [1.165, 1.54) is 7.11 Å². The van der Waals surface area contributed by atoms with Crippen LogP contribution < -0.4 is 0 Å². The summed E-state index contributed by atoms with van der Waals surface area (Å²) < 4.78 is 23.7. The molecule has 1 saturated heterocycles. The van der Waals surface area contributed by atoms with Crippen molar-refractivity contribution >= 4 is 0 Å². The van der Waals surface area contributed by atoms with Gasteiger partial charge in [-0.1, -0.05) is 6.92 Å². The molecule has 10 nitrogen and oxygen atoms in total. The second-order valence-electron chi connectivity index (χ2n) is 12.1. The Balaban J connectivity index is 1.68. The van der Waals surface area contributed by atoms with Crippen molar-refractivity contribution < 1.29 is 44.5 Å². The summed E-state index contributed by atoms with van der Waals surface area (Å²) in [5, 5.41) is 59.3. The maximum Gasteiger partial charge on any atom is 0.120 e. The summed E-state index contributed by atoms with van der Waals surface area (Å²) >= 11 is 0. The van der Waals surface area contributed by atoms with Gasteiger partial charge in [0, 0.05) is 76.0 Å². The molecule has 1 spiro atoms. The lowest BCUT2D eigenvalue weighted by Gasteiger charge is -2.70. The Hall–Kier alpha value is -0.400. The first kappa shape index (κ1) is 24.9. The van der Waals surface area contributed by atoms with Crippen LogP contribution in [0.25, 0.3) is 0 Å².